The van der Waals surface area contributed by atoms with E-state index < -0.39 is 0 Å². The summed E-state index contributed by atoms with van der Waals surface area (Å²) in [6.07, 6.45) is 1.60. The average molecular weight is 251 g/mol. The zero-order valence-corrected chi connectivity index (χ0v) is 11.1. The lowest BCUT2D eigenvalue weighted by Gasteiger charge is -2.22. The average Bonchev–Trinajstić information content (AvgIpc) is 2.77. The Hall–Kier alpha value is -1.20. The number of hydrogen-bond acceptors (Lipinski definition) is 5. The molecule has 2 rings (SSSR count). The minimum atomic E-state index is 0.264. The van der Waals surface area contributed by atoms with E-state index in [1.807, 2.05) is 11.4 Å². The molecule has 0 aliphatic carbocycles. The molecule has 0 fully saturated rings. The molecule has 0 aromatic carbocycles. The lowest BCUT2D eigenvalue weighted by atomic mass is 10.1. The molecule has 4 nitrogen and oxygen atoms in total. The van der Waals surface area contributed by atoms with E-state index >= 15 is 0 Å². The summed E-state index contributed by atoms with van der Waals surface area (Å²) in [7, 11) is 1.72. The number of methoxy groups -OCH3 is 1. The molecule has 0 saturated heterocycles. The topological polar surface area (TPSA) is 47.0 Å². The van der Waals surface area contributed by atoms with Crippen molar-refractivity contribution in [1.82, 2.24) is 9.97 Å². The Morgan fingerprint density at radius 3 is 2.94 bits per heavy atom. The molecule has 0 radical (unpaired) electrons. The second kappa shape index (κ2) is 5.42. The maximum atomic E-state index is 5.23. The minimum absolute atomic E-state index is 0.264. The molecule has 5 heteroatoms. The van der Waals surface area contributed by atoms with Gasteiger partial charge in [-0.25, -0.2) is 9.97 Å². The molecule has 0 bridgehead atoms. The monoisotopic (exact) mass is 251 g/mol. The molecule has 1 unspecified atom stereocenters. The summed E-state index contributed by atoms with van der Waals surface area (Å²) in [5, 5.41) is 5.48. The third-order valence-electron chi connectivity index (χ3n) is 2.72. The van der Waals surface area contributed by atoms with Gasteiger partial charge in [0.2, 0.25) is 0 Å². The number of hydrogen-bond donors (Lipinski definition) is 1. The first-order chi connectivity index (χ1) is 8.22. The van der Waals surface area contributed by atoms with Crippen LogP contribution in [0.2, 0.25) is 0 Å². The molecule has 2 heterocycles. The highest BCUT2D eigenvalue weighted by Gasteiger charge is 2.15. The van der Waals surface area contributed by atoms with Crippen molar-refractivity contribution in [1.29, 1.82) is 0 Å². The Balaban J connectivity index is 2.24. The highest BCUT2D eigenvalue weighted by Crippen LogP contribution is 2.26. The fourth-order valence-electron chi connectivity index (χ4n) is 1.65. The van der Waals surface area contributed by atoms with Crippen molar-refractivity contribution in [2.45, 2.75) is 19.9 Å². The SMILES string of the molecule is COCC(Nc1ncnc2ccsc12)C(C)C. The number of thiophene rings is 1. The summed E-state index contributed by atoms with van der Waals surface area (Å²) in [6, 6.07) is 2.27. The van der Waals surface area contributed by atoms with Crippen LogP contribution in [-0.4, -0.2) is 29.7 Å². The van der Waals surface area contributed by atoms with E-state index in [1.165, 1.54) is 0 Å². The van der Waals surface area contributed by atoms with Gasteiger partial charge in [0.1, 0.15) is 12.1 Å². The van der Waals surface area contributed by atoms with Gasteiger partial charge in [0.05, 0.1) is 22.9 Å². The van der Waals surface area contributed by atoms with Crippen molar-refractivity contribution >= 4 is 27.4 Å². The fraction of sp³-hybridized carbons (Fsp3) is 0.500. The van der Waals surface area contributed by atoms with Crippen molar-refractivity contribution in [3.63, 3.8) is 0 Å². The second-order valence-corrected chi connectivity index (χ2v) is 5.22. The van der Waals surface area contributed by atoms with E-state index in [4.69, 9.17) is 4.74 Å². The van der Waals surface area contributed by atoms with Gasteiger partial charge < -0.3 is 10.1 Å². The van der Waals surface area contributed by atoms with E-state index in [1.54, 1.807) is 24.8 Å². The van der Waals surface area contributed by atoms with Gasteiger partial charge in [-0.2, -0.15) is 0 Å². The summed E-state index contributed by atoms with van der Waals surface area (Å²) in [4.78, 5) is 8.54. The molecule has 1 N–H and O–H groups in total. The lowest BCUT2D eigenvalue weighted by molar-refractivity contribution is 0.171. The van der Waals surface area contributed by atoms with Crippen molar-refractivity contribution < 1.29 is 4.74 Å². The van der Waals surface area contributed by atoms with Crippen LogP contribution in [0.25, 0.3) is 10.2 Å². The Bertz CT molecular complexity index is 483. The second-order valence-electron chi connectivity index (χ2n) is 4.31. The summed E-state index contributed by atoms with van der Waals surface area (Å²) < 4.78 is 6.33. The number of rotatable bonds is 5. The zero-order chi connectivity index (χ0) is 12.3. The van der Waals surface area contributed by atoms with Gasteiger partial charge in [-0.3, -0.25) is 0 Å². The fourth-order valence-corrected chi connectivity index (χ4v) is 2.45. The largest absolute Gasteiger partial charge is 0.383 e. The van der Waals surface area contributed by atoms with Gasteiger partial charge in [0, 0.05) is 7.11 Å². The van der Waals surface area contributed by atoms with Crippen LogP contribution in [0.1, 0.15) is 13.8 Å². The van der Waals surface area contributed by atoms with Gasteiger partial charge in [0.25, 0.3) is 0 Å². The number of aromatic nitrogens is 2. The molecule has 1 atom stereocenters. The van der Waals surface area contributed by atoms with Gasteiger partial charge in [-0.1, -0.05) is 13.8 Å². The quantitative estimate of drug-likeness (QED) is 0.887. The number of fused-ring (bicyclic) bond motifs is 1. The van der Waals surface area contributed by atoms with Crippen molar-refractivity contribution in [3.8, 4) is 0 Å². The van der Waals surface area contributed by atoms with Crippen molar-refractivity contribution in [2.75, 3.05) is 19.0 Å². The van der Waals surface area contributed by atoms with Crippen LogP contribution in [0.3, 0.4) is 0 Å². The first-order valence-electron chi connectivity index (χ1n) is 5.66. The van der Waals surface area contributed by atoms with E-state index in [-0.39, 0.29) is 6.04 Å². The molecule has 0 aliphatic heterocycles. The first kappa shape index (κ1) is 12.3. The standard InChI is InChI=1S/C12H17N3OS/c1-8(2)10(6-16-3)15-12-11-9(4-5-17-11)13-7-14-12/h4-5,7-8,10H,6H2,1-3H3,(H,13,14,15). The smallest absolute Gasteiger partial charge is 0.147 e. The summed E-state index contributed by atoms with van der Waals surface area (Å²) in [6.45, 7) is 5.02. The maximum absolute atomic E-state index is 5.23. The molecular formula is C12H17N3OS. The Morgan fingerprint density at radius 2 is 2.24 bits per heavy atom. The summed E-state index contributed by atoms with van der Waals surface area (Å²) in [5.74, 6) is 1.39. The Labute approximate surface area is 105 Å². The van der Waals surface area contributed by atoms with Crippen LogP contribution in [0.4, 0.5) is 5.82 Å². The molecule has 2 aromatic rings. The van der Waals surface area contributed by atoms with Crippen LogP contribution in [0.15, 0.2) is 17.8 Å². The lowest BCUT2D eigenvalue weighted by Crippen LogP contribution is -2.30. The molecule has 0 spiro atoms. The van der Waals surface area contributed by atoms with E-state index in [2.05, 4.69) is 29.1 Å². The Kier molecular flexibility index (Phi) is 3.91. The van der Waals surface area contributed by atoms with Crippen LogP contribution in [0, 0.1) is 5.92 Å². The highest BCUT2D eigenvalue weighted by molar-refractivity contribution is 7.17. The normalized spacial score (nSPS) is 13.2. The highest BCUT2D eigenvalue weighted by atomic mass is 32.1. The van der Waals surface area contributed by atoms with Gasteiger partial charge in [-0.05, 0) is 17.4 Å². The van der Waals surface area contributed by atoms with Crippen molar-refractivity contribution in [2.24, 2.45) is 5.92 Å². The third-order valence-corrected chi connectivity index (χ3v) is 3.63. The molecule has 0 aliphatic rings. The Morgan fingerprint density at radius 1 is 1.41 bits per heavy atom. The predicted molar refractivity (Wildman–Crippen MR) is 71.5 cm³/mol. The third kappa shape index (κ3) is 2.73. The summed E-state index contributed by atoms with van der Waals surface area (Å²) >= 11 is 1.66. The molecule has 92 valence electrons. The van der Waals surface area contributed by atoms with E-state index in [0.717, 1.165) is 16.0 Å². The molecular weight excluding hydrogens is 234 g/mol. The van der Waals surface area contributed by atoms with Gasteiger partial charge >= 0.3 is 0 Å². The van der Waals surface area contributed by atoms with Gasteiger partial charge in [-0.15, -0.1) is 11.3 Å². The van der Waals surface area contributed by atoms with Gasteiger partial charge in [0.15, 0.2) is 0 Å². The minimum Gasteiger partial charge on any atom is -0.383 e. The molecule has 0 saturated carbocycles. The molecule has 2 aromatic heterocycles. The van der Waals surface area contributed by atoms with Crippen LogP contribution < -0.4 is 5.32 Å². The molecule has 0 amide bonds. The molecule has 17 heavy (non-hydrogen) atoms. The van der Waals surface area contributed by atoms with Crippen molar-refractivity contribution in [3.05, 3.63) is 17.8 Å². The van der Waals surface area contributed by atoms with E-state index in [0.29, 0.717) is 12.5 Å². The van der Waals surface area contributed by atoms with Crippen LogP contribution >= 0.6 is 11.3 Å². The number of nitrogens with one attached hydrogen (secondary N) is 1. The van der Waals surface area contributed by atoms with E-state index in [9.17, 15) is 0 Å². The predicted octanol–water partition coefficient (Wildman–Crippen LogP) is 2.77. The maximum Gasteiger partial charge on any atom is 0.147 e. The first-order valence-corrected chi connectivity index (χ1v) is 6.54. The number of anilines is 1. The number of nitrogens with zero attached hydrogens (tertiary/aromatic N) is 2. The zero-order valence-electron chi connectivity index (χ0n) is 10.3. The van der Waals surface area contributed by atoms with Crippen LogP contribution in [-0.2, 0) is 4.74 Å². The van der Waals surface area contributed by atoms with Crippen LogP contribution in [0.5, 0.6) is 0 Å². The number of ether oxygens (including phenoxy) is 1. The summed E-state index contributed by atoms with van der Waals surface area (Å²) in [5.41, 5.74) is 0.993.